The van der Waals surface area contributed by atoms with Gasteiger partial charge < -0.3 is 0 Å². The second kappa shape index (κ2) is 8.75. The van der Waals surface area contributed by atoms with Crippen LogP contribution in [0.5, 0.6) is 0 Å². The summed E-state index contributed by atoms with van der Waals surface area (Å²) >= 11 is 0. The van der Waals surface area contributed by atoms with Crippen LogP contribution in [0.1, 0.15) is 133 Å². The Bertz CT molecular complexity index is 686. The molecule has 2 saturated heterocycles. The first kappa shape index (κ1) is 27.0. The van der Waals surface area contributed by atoms with Crippen molar-refractivity contribution in [3.63, 3.8) is 0 Å². The van der Waals surface area contributed by atoms with Gasteiger partial charge in [-0.25, -0.2) is 0 Å². The van der Waals surface area contributed by atoms with Crippen molar-refractivity contribution in [2.24, 2.45) is 33.5 Å². The van der Waals surface area contributed by atoms with Gasteiger partial charge in [0.1, 0.15) is 0 Å². The van der Waals surface area contributed by atoms with Crippen LogP contribution in [0.25, 0.3) is 0 Å². The van der Waals surface area contributed by atoms with E-state index < -0.39 is 0 Å². The molecule has 0 amide bonds. The summed E-state index contributed by atoms with van der Waals surface area (Å²) in [5.41, 5.74) is 3.03. The van der Waals surface area contributed by atoms with Crippen LogP contribution in [-0.2, 0) is 0 Å². The summed E-state index contributed by atoms with van der Waals surface area (Å²) in [7, 11) is 0. The third-order valence-corrected chi connectivity index (χ3v) is 11.8. The molecule has 2 aliphatic heterocycles. The fourth-order valence-electron chi connectivity index (χ4n) is 8.12. The van der Waals surface area contributed by atoms with E-state index in [2.05, 4.69) is 79.0 Å². The van der Waals surface area contributed by atoms with Gasteiger partial charge in [0.15, 0.2) is 0 Å². The van der Waals surface area contributed by atoms with Crippen LogP contribution >= 0.6 is 0 Å². The van der Waals surface area contributed by atoms with E-state index in [-0.39, 0.29) is 0 Å². The third-order valence-electron chi connectivity index (χ3n) is 11.8. The molecule has 2 aliphatic carbocycles. The maximum atomic E-state index is 2.85. The zero-order chi connectivity index (χ0) is 25.2. The highest BCUT2D eigenvalue weighted by molar-refractivity contribution is 5.05. The van der Waals surface area contributed by atoms with E-state index in [4.69, 9.17) is 0 Å². The normalized spacial score (nSPS) is 27.7. The first-order valence-corrected chi connectivity index (χ1v) is 15.0. The Morgan fingerprint density at radius 2 is 1.00 bits per heavy atom. The molecule has 2 spiro atoms. The number of piperidine rings is 1. The van der Waals surface area contributed by atoms with Gasteiger partial charge in [0, 0.05) is 24.2 Å². The highest BCUT2D eigenvalue weighted by atomic mass is 15.3. The lowest BCUT2D eigenvalue weighted by Gasteiger charge is -2.60. The topological polar surface area (TPSA) is 6.48 Å². The van der Waals surface area contributed by atoms with Crippen LogP contribution in [0.2, 0.25) is 0 Å². The minimum atomic E-state index is 0.333. The van der Waals surface area contributed by atoms with Crippen molar-refractivity contribution in [2.75, 3.05) is 26.2 Å². The highest BCUT2D eigenvalue weighted by Gasteiger charge is 2.52. The summed E-state index contributed by atoms with van der Waals surface area (Å²) in [4.78, 5) is 5.69. The Labute approximate surface area is 214 Å². The number of nitrogens with zero attached hydrogens (tertiary/aromatic N) is 2. The fraction of sp³-hybridized carbons (Fsp3) is 1.00. The molecule has 2 saturated carbocycles. The smallest absolute Gasteiger partial charge is 0.0154 e. The van der Waals surface area contributed by atoms with Gasteiger partial charge in [-0.05, 0) is 138 Å². The lowest BCUT2D eigenvalue weighted by atomic mass is 9.51. The van der Waals surface area contributed by atoms with Crippen molar-refractivity contribution in [3.8, 4) is 0 Å². The minimum absolute atomic E-state index is 0.333. The van der Waals surface area contributed by atoms with Crippen molar-refractivity contribution >= 4 is 0 Å². The van der Waals surface area contributed by atoms with Crippen molar-refractivity contribution in [3.05, 3.63) is 0 Å². The Kier molecular flexibility index (Phi) is 6.94. The second-order valence-electron chi connectivity index (χ2n) is 17.1. The molecular formula is C32H60N2. The molecule has 0 aromatic rings. The SMILES string of the molecule is CC(C)(C)C1CCC2(CC1)CN(C(C)(C)CCC(C)(C)N1CCC3(CC1)CC(C(C)(C)C)C3)C2. The van der Waals surface area contributed by atoms with E-state index >= 15 is 0 Å². The summed E-state index contributed by atoms with van der Waals surface area (Å²) in [6, 6.07) is 0. The Morgan fingerprint density at radius 3 is 1.44 bits per heavy atom. The van der Waals surface area contributed by atoms with Gasteiger partial charge in [0.05, 0.1) is 0 Å². The van der Waals surface area contributed by atoms with Gasteiger partial charge in [0.25, 0.3) is 0 Å². The zero-order valence-corrected chi connectivity index (χ0v) is 24.9. The van der Waals surface area contributed by atoms with Crippen LogP contribution in [0.3, 0.4) is 0 Å². The number of rotatable bonds is 5. The molecule has 0 N–H and O–H groups in total. The van der Waals surface area contributed by atoms with Gasteiger partial charge in [0.2, 0.25) is 0 Å². The van der Waals surface area contributed by atoms with Crippen molar-refractivity contribution in [2.45, 2.75) is 145 Å². The summed E-state index contributed by atoms with van der Waals surface area (Å²) in [6.07, 6.45) is 14.4. The van der Waals surface area contributed by atoms with Gasteiger partial charge in [-0.1, -0.05) is 41.5 Å². The number of likely N-dealkylation sites (tertiary alicyclic amines) is 2. The van der Waals surface area contributed by atoms with Gasteiger partial charge in [-0.2, -0.15) is 0 Å². The third kappa shape index (κ3) is 5.44. The molecule has 2 heterocycles. The monoisotopic (exact) mass is 472 g/mol. The largest absolute Gasteiger partial charge is 0.298 e. The predicted octanol–water partition coefficient (Wildman–Crippen LogP) is 8.40. The minimum Gasteiger partial charge on any atom is -0.298 e. The summed E-state index contributed by atoms with van der Waals surface area (Å²) < 4.78 is 0. The molecule has 0 bridgehead atoms. The van der Waals surface area contributed by atoms with Crippen molar-refractivity contribution in [1.82, 2.24) is 9.80 Å². The molecule has 34 heavy (non-hydrogen) atoms. The molecule has 0 aromatic heterocycles. The van der Waals surface area contributed by atoms with Crippen LogP contribution in [0.4, 0.5) is 0 Å². The maximum absolute atomic E-state index is 2.85. The van der Waals surface area contributed by atoms with E-state index in [1.807, 2.05) is 0 Å². The molecule has 4 rings (SSSR count). The van der Waals surface area contributed by atoms with E-state index in [0.717, 1.165) is 11.8 Å². The Balaban J connectivity index is 1.21. The van der Waals surface area contributed by atoms with Crippen molar-refractivity contribution < 1.29 is 0 Å². The van der Waals surface area contributed by atoms with Crippen LogP contribution in [0.15, 0.2) is 0 Å². The summed E-state index contributed by atoms with van der Waals surface area (Å²) in [5, 5.41) is 0. The lowest BCUT2D eigenvalue weighted by Crippen LogP contribution is -2.64. The molecule has 0 radical (unpaired) electrons. The average molecular weight is 473 g/mol. The number of hydrogen-bond acceptors (Lipinski definition) is 2. The molecule has 4 aliphatic rings. The fourth-order valence-corrected chi connectivity index (χ4v) is 8.12. The van der Waals surface area contributed by atoms with Gasteiger partial charge >= 0.3 is 0 Å². The average Bonchev–Trinajstić information content (AvgIpc) is 2.67. The Hall–Kier alpha value is -0.0800. The lowest BCUT2D eigenvalue weighted by molar-refractivity contribution is -0.105. The molecule has 0 unspecified atom stereocenters. The molecule has 2 heteroatoms. The van der Waals surface area contributed by atoms with Crippen LogP contribution in [-0.4, -0.2) is 47.1 Å². The predicted molar refractivity (Wildman–Crippen MR) is 148 cm³/mol. The van der Waals surface area contributed by atoms with Gasteiger partial charge in [-0.15, -0.1) is 0 Å². The van der Waals surface area contributed by atoms with Crippen LogP contribution < -0.4 is 0 Å². The zero-order valence-electron chi connectivity index (χ0n) is 24.9. The van der Waals surface area contributed by atoms with E-state index in [1.54, 1.807) is 0 Å². The maximum Gasteiger partial charge on any atom is 0.0154 e. The molecule has 2 nitrogen and oxygen atoms in total. The molecule has 0 aromatic carbocycles. The quantitative estimate of drug-likeness (QED) is 0.396. The van der Waals surface area contributed by atoms with Crippen LogP contribution in [0, 0.1) is 33.5 Å². The molecule has 0 atom stereocenters. The highest BCUT2D eigenvalue weighted by Crippen LogP contribution is 2.58. The standard InChI is InChI=1S/C32H60N2/c1-27(2,3)25-11-13-32(14-12-25)23-34(24-32)30(9,10)16-15-29(7,8)33-19-17-31(18-20-33)21-26(22-31)28(4,5)6/h25-26H,11-24H2,1-10H3. The first-order valence-electron chi connectivity index (χ1n) is 15.0. The first-order chi connectivity index (χ1) is 15.5. The Morgan fingerprint density at radius 1 is 0.559 bits per heavy atom. The van der Waals surface area contributed by atoms with Gasteiger partial charge in [-0.3, -0.25) is 9.80 Å². The molecule has 4 fully saturated rings. The van der Waals surface area contributed by atoms with E-state index in [9.17, 15) is 0 Å². The van der Waals surface area contributed by atoms with Crippen molar-refractivity contribution in [1.29, 1.82) is 0 Å². The number of hydrogen-bond donors (Lipinski definition) is 0. The second-order valence-corrected chi connectivity index (χ2v) is 17.1. The summed E-state index contributed by atoms with van der Waals surface area (Å²) in [6.45, 7) is 30.2. The van der Waals surface area contributed by atoms with E-state index in [1.165, 1.54) is 90.4 Å². The molecular weight excluding hydrogens is 412 g/mol. The van der Waals surface area contributed by atoms with E-state index in [0.29, 0.717) is 32.7 Å². The summed E-state index contributed by atoms with van der Waals surface area (Å²) in [5.74, 6) is 1.89. The molecule has 198 valence electrons.